The maximum Gasteiger partial charge on any atom is 0.420 e. The largest absolute Gasteiger partial charge is 0.460 e. The van der Waals surface area contributed by atoms with E-state index in [1.54, 1.807) is 30.3 Å². The van der Waals surface area contributed by atoms with Gasteiger partial charge in [0.2, 0.25) is 0 Å². The van der Waals surface area contributed by atoms with Crippen LogP contribution in [0.5, 0.6) is 0 Å². The summed E-state index contributed by atoms with van der Waals surface area (Å²) in [5.74, 6) is 0.237. The van der Waals surface area contributed by atoms with Crippen molar-refractivity contribution in [2.24, 2.45) is 0 Å². The molecule has 3 rings (SSSR count). The molecule has 0 saturated heterocycles. The van der Waals surface area contributed by atoms with Gasteiger partial charge in [-0.2, -0.15) is 13.2 Å². The molecule has 0 radical (unpaired) electrons. The Morgan fingerprint density at radius 1 is 0.783 bits per heavy atom. The summed E-state index contributed by atoms with van der Waals surface area (Å²) in [6, 6.07) is 19.1. The summed E-state index contributed by atoms with van der Waals surface area (Å²) in [5.41, 5.74) is 0.788. The Bertz CT molecular complexity index is 758. The molecule has 1 nitrogen and oxygen atoms in total. The predicted molar refractivity (Wildman–Crippen MR) is 83.0 cm³/mol. The van der Waals surface area contributed by atoms with Gasteiger partial charge < -0.3 is 4.42 Å². The van der Waals surface area contributed by atoms with Gasteiger partial charge in [0, 0.05) is 12.0 Å². The van der Waals surface area contributed by atoms with E-state index < -0.39 is 11.7 Å². The van der Waals surface area contributed by atoms with Crippen molar-refractivity contribution in [2.75, 3.05) is 0 Å². The fraction of sp³-hybridized carbons (Fsp3) is 0.158. The van der Waals surface area contributed by atoms with Crippen LogP contribution in [0.3, 0.4) is 0 Å². The van der Waals surface area contributed by atoms with Gasteiger partial charge in [-0.1, -0.05) is 60.7 Å². The highest BCUT2D eigenvalue weighted by atomic mass is 19.4. The van der Waals surface area contributed by atoms with Crippen molar-refractivity contribution in [3.8, 4) is 11.3 Å². The van der Waals surface area contributed by atoms with Gasteiger partial charge in [0.25, 0.3) is 0 Å². The molecule has 2 aromatic carbocycles. The van der Waals surface area contributed by atoms with Crippen molar-refractivity contribution in [3.05, 3.63) is 83.6 Å². The third-order valence-electron chi connectivity index (χ3n) is 3.63. The third-order valence-corrected chi connectivity index (χ3v) is 3.63. The van der Waals surface area contributed by atoms with Crippen molar-refractivity contribution in [3.63, 3.8) is 0 Å². The normalized spacial score (nSPS) is 11.6. The maximum absolute atomic E-state index is 13.3. The molecule has 0 aliphatic carbocycles. The zero-order valence-electron chi connectivity index (χ0n) is 12.3. The highest BCUT2D eigenvalue weighted by molar-refractivity contribution is 5.62. The van der Waals surface area contributed by atoms with Crippen LogP contribution in [0.25, 0.3) is 11.3 Å². The molecule has 1 aromatic heterocycles. The van der Waals surface area contributed by atoms with Crippen LogP contribution in [0.15, 0.2) is 71.1 Å². The summed E-state index contributed by atoms with van der Waals surface area (Å²) in [7, 11) is 0. The minimum absolute atomic E-state index is 0.110. The van der Waals surface area contributed by atoms with Crippen molar-refractivity contribution in [1.82, 2.24) is 0 Å². The van der Waals surface area contributed by atoms with Crippen molar-refractivity contribution in [1.29, 1.82) is 0 Å². The minimum Gasteiger partial charge on any atom is -0.460 e. The maximum atomic E-state index is 13.3. The van der Waals surface area contributed by atoms with Crippen LogP contribution in [0.1, 0.15) is 16.9 Å². The smallest absolute Gasteiger partial charge is 0.420 e. The Labute approximate surface area is 132 Å². The topological polar surface area (TPSA) is 13.1 Å². The fourth-order valence-electron chi connectivity index (χ4n) is 2.49. The quantitative estimate of drug-likeness (QED) is 0.597. The van der Waals surface area contributed by atoms with E-state index in [0.29, 0.717) is 24.2 Å². The minimum atomic E-state index is -4.43. The van der Waals surface area contributed by atoms with Crippen molar-refractivity contribution < 1.29 is 17.6 Å². The average Bonchev–Trinajstić information content (AvgIpc) is 2.99. The first kappa shape index (κ1) is 15.4. The van der Waals surface area contributed by atoms with Crippen LogP contribution in [-0.4, -0.2) is 0 Å². The van der Waals surface area contributed by atoms with Gasteiger partial charge in [-0.15, -0.1) is 0 Å². The molecular formula is C19H15F3O. The van der Waals surface area contributed by atoms with E-state index in [9.17, 15) is 13.2 Å². The standard InChI is InChI=1S/C19H15F3O/c20-19(21,22)17-13-16(12-11-14-7-3-1-4-8-14)23-18(17)15-9-5-2-6-10-15/h1-10,13H,11-12H2. The molecule has 0 unspecified atom stereocenters. The number of hydrogen-bond donors (Lipinski definition) is 0. The Kier molecular flexibility index (Phi) is 4.24. The summed E-state index contributed by atoms with van der Waals surface area (Å²) < 4.78 is 45.3. The lowest BCUT2D eigenvalue weighted by molar-refractivity contribution is -0.137. The van der Waals surface area contributed by atoms with E-state index >= 15 is 0 Å². The molecule has 0 aliphatic rings. The molecule has 118 valence electrons. The lowest BCUT2D eigenvalue weighted by Crippen LogP contribution is -2.04. The van der Waals surface area contributed by atoms with Crippen molar-refractivity contribution in [2.45, 2.75) is 19.0 Å². The first-order chi connectivity index (χ1) is 11.0. The molecule has 0 aliphatic heterocycles. The predicted octanol–water partition coefficient (Wildman–Crippen LogP) is 5.75. The van der Waals surface area contributed by atoms with Gasteiger partial charge in [0.05, 0.1) is 0 Å². The summed E-state index contributed by atoms with van der Waals surface area (Å²) in [6.45, 7) is 0. The van der Waals surface area contributed by atoms with Crippen LogP contribution in [-0.2, 0) is 19.0 Å². The lowest BCUT2D eigenvalue weighted by atomic mass is 10.1. The van der Waals surface area contributed by atoms with Gasteiger partial charge in [-0.3, -0.25) is 0 Å². The number of alkyl halides is 3. The van der Waals surface area contributed by atoms with E-state index in [2.05, 4.69) is 0 Å². The number of benzene rings is 2. The molecule has 0 N–H and O–H groups in total. The van der Waals surface area contributed by atoms with E-state index in [1.807, 2.05) is 30.3 Å². The molecular weight excluding hydrogens is 301 g/mol. The molecule has 0 fully saturated rings. The molecule has 3 aromatic rings. The molecule has 1 heterocycles. The van der Waals surface area contributed by atoms with E-state index in [-0.39, 0.29) is 5.76 Å². The van der Waals surface area contributed by atoms with Crippen LogP contribution in [0.4, 0.5) is 13.2 Å². The second-order valence-corrected chi connectivity index (χ2v) is 5.30. The molecule has 0 bridgehead atoms. The first-order valence-corrected chi connectivity index (χ1v) is 7.33. The third kappa shape index (κ3) is 3.65. The fourth-order valence-corrected chi connectivity index (χ4v) is 2.49. The summed E-state index contributed by atoms with van der Waals surface area (Å²) in [5, 5.41) is 0. The zero-order valence-corrected chi connectivity index (χ0v) is 12.3. The van der Waals surface area contributed by atoms with Crippen LogP contribution in [0.2, 0.25) is 0 Å². The van der Waals surface area contributed by atoms with Gasteiger partial charge in [-0.25, -0.2) is 0 Å². The second-order valence-electron chi connectivity index (χ2n) is 5.30. The number of aryl methyl sites for hydroxylation is 2. The van der Waals surface area contributed by atoms with E-state index in [0.717, 1.165) is 11.6 Å². The highest BCUT2D eigenvalue weighted by Crippen LogP contribution is 2.39. The van der Waals surface area contributed by atoms with E-state index in [1.165, 1.54) is 0 Å². The molecule has 0 saturated carbocycles. The van der Waals surface area contributed by atoms with Crippen LogP contribution < -0.4 is 0 Å². The van der Waals surface area contributed by atoms with Gasteiger partial charge in [-0.05, 0) is 18.1 Å². The highest BCUT2D eigenvalue weighted by Gasteiger charge is 2.36. The zero-order chi connectivity index (χ0) is 16.3. The van der Waals surface area contributed by atoms with Crippen molar-refractivity contribution >= 4 is 0 Å². The second kappa shape index (κ2) is 6.32. The Morgan fingerprint density at radius 3 is 2.00 bits per heavy atom. The average molecular weight is 316 g/mol. The SMILES string of the molecule is FC(F)(F)c1cc(CCc2ccccc2)oc1-c1ccccc1. The Balaban J connectivity index is 1.89. The Hall–Kier alpha value is -2.49. The summed E-state index contributed by atoms with van der Waals surface area (Å²) >= 11 is 0. The van der Waals surface area contributed by atoms with Gasteiger partial charge in [0.1, 0.15) is 17.1 Å². The summed E-state index contributed by atoms with van der Waals surface area (Å²) in [4.78, 5) is 0. The number of furan rings is 1. The van der Waals surface area contributed by atoms with Gasteiger partial charge >= 0.3 is 6.18 Å². The molecule has 23 heavy (non-hydrogen) atoms. The van der Waals surface area contributed by atoms with Crippen LogP contribution >= 0.6 is 0 Å². The first-order valence-electron chi connectivity index (χ1n) is 7.33. The summed E-state index contributed by atoms with van der Waals surface area (Å²) in [6.07, 6.45) is -3.36. The van der Waals surface area contributed by atoms with E-state index in [4.69, 9.17) is 4.42 Å². The molecule has 0 spiro atoms. The monoisotopic (exact) mass is 316 g/mol. The number of rotatable bonds is 4. The molecule has 0 amide bonds. The number of hydrogen-bond acceptors (Lipinski definition) is 1. The number of halogens is 3. The Morgan fingerprint density at radius 2 is 1.39 bits per heavy atom. The molecule has 0 atom stereocenters. The van der Waals surface area contributed by atoms with Gasteiger partial charge in [0.15, 0.2) is 0 Å². The lowest BCUT2D eigenvalue weighted by Gasteiger charge is -2.06. The van der Waals surface area contributed by atoms with Crippen LogP contribution in [0, 0.1) is 0 Å². The molecule has 4 heteroatoms.